The van der Waals surface area contributed by atoms with E-state index in [9.17, 15) is 9.59 Å². The molecule has 0 aliphatic heterocycles. The third-order valence-electron chi connectivity index (χ3n) is 2.34. The van der Waals surface area contributed by atoms with Crippen LogP contribution in [0.3, 0.4) is 0 Å². The van der Waals surface area contributed by atoms with E-state index in [2.05, 4.69) is 11.8 Å². The van der Waals surface area contributed by atoms with Gasteiger partial charge in [-0.3, -0.25) is 9.59 Å². The van der Waals surface area contributed by atoms with E-state index >= 15 is 0 Å². The van der Waals surface area contributed by atoms with Gasteiger partial charge in [0.2, 0.25) is 0 Å². The van der Waals surface area contributed by atoms with Crippen LogP contribution in [0.4, 0.5) is 0 Å². The Kier molecular flexibility index (Phi) is 2.79. The van der Waals surface area contributed by atoms with Crippen molar-refractivity contribution in [2.24, 2.45) is 0 Å². The third kappa shape index (κ3) is 1.71. The lowest BCUT2D eigenvalue weighted by Gasteiger charge is -2.02. The van der Waals surface area contributed by atoms with Crippen LogP contribution in [0, 0.1) is 11.8 Å². The van der Waals surface area contributed by atoms with Crippen molar-refractivity contribution in [2.75, 3.05) is 0 Å². The van der Waals surface area contributed by atoms with Gasteiger partial charge in [-0.2, -0.15) is 0 Å². The van der Waals surface area contributed by atoms with Crippen molar-refractivity contribution in [2.45, 2.75) is 0 Å². The van der Waals surface area contributed by atoms with Gasteiger partial charge in [-0.05, 0) is 22.8 Å². The Morgan fingerprint density at radius 3 is 2.56 bits per heavy atom. The molecule has 0 amide bonds. The van der Waals surface area contributed by atoms with E-state index in [1.165, 1.54) is 0 Å². The smallest absolute Gasteiger partial charge is 0.193 e. The summed E-state index contributed by atoms with van der Waals surface area (Å²) in [5.41, 5.74) is 1.12. The average Bonchev–Trinajstić information content (AvgIpc) is 2.35. The molecule has 0 atom stereocenters. The monoisotopic (exact) mass is 208 g/mol. The molecule has 0 spiro atoms. The highest BCUT2D eigenvalue weighted by atomic mass is 16.1. The molecule has 76 valence electrons. The second-order valence-electron chi connectivity index (χ2n) is 3.26. The summed E-state index contributed by atoms with van der Waals surface area (Å²) in [5, 5.41) is 1.89. The van der Waals surface area contributed by atoms with Gasteiger partial charge in [-0.1, -0.05) is 36.3 Å². The first kappa shape index (κ1) is 10.1. The summed E-state index contributed by atoms with van der Waals surface area (Å²) in [4.78, 5) is 21.1. The molecule has 0 bridgehead atoms. The fourth-order valence-corrected chi connectivity index (χ4v) is 1.63. The van der Waals surface area contributed by atoms with E-state index < -0.39 is 0 Å². The van der Waals surface area contributed by atoms with Crippen LogP contribution in [0.1, 0.15) is 15.9 Å². The van der Waals surface area contributed by atoms with E-state index in [1.807, 2.05) is 30.3 Å². The number of fused-ring (bicyclic) bond motifs is 1. The molecule has 2 aromatic rings. The molecule has 0 aromatic heterocycles. The van der Waals surface area contributed by atoms with Gasteiger partial charge in [-0.25, -0.2) is 0 Å². The van der Waals surface area contributed by atoms with Crippen molar-refractivity contribution in [3.63, 3.8) is 0 Å². The highest BCUT2D eigenvalue weighted by Gasteiger charge is 2.03. The minimum Gasteiger partial charge on any atom is -0.298 e. The van der Waals surface area contributed by atoms with Gasteiger partial charge in [0, 0.05) is 11.1 Å². The fraction of sp³-hybridized carbons (Fsp3) is 0. The lowest BCUT2D eigenvalue weighted by molar-refractivity contribution is -0.103. The maximum absolute atomic E-state index is 10.9. The molecule has 0 fully saturated rings. The van der Waals surface area contributed by atoms with Crippen LogP contribution < -0.4 is 0 Å². The number of aldehydes is 2. The van der Waals surface area contributed by atoms with E-state index in [1.54, 1.807) is 6.07 Å². The van der Waals surface area contributed by atoms with Crippen LogP contribution in [-0.2, 0) is 4.79 Å². The predicted octanol–water partition coefficient (Wildman–Crippen LogP) is 2.20. The van der Waals surface area contributed by atoms with Crippen molar-refractivity contribution in [1.29, 1.82) is 0 Å². The number of rotatable bonds is 1. The number of hydrogen-bond acceptors (Lipinski definition) is 2. The summed E-state index contributed by atoms with van der Waals surface area (Å²) in [7, 11) is 0. The Labute approximate surface area is 92.9 Å². The molecule has 16 heavy (non-hydrogen) atoms. The molecule has 0 unspecified atom stereocenters. The van der Waals surface area contributed by atoms with Gasteiger partial charge in [0.05, 0.1) is 0 Å². The van der Waals surface area contributed by atoms with Crippen LogP contribution in [0.5, 0.6) is 0 Å². The summed E-state index contributed by atoms with van der Waals surface area (Å²) < 4.78 is 0. The quantitative estimate of drug-likeness (QED) is 0.532. The van der Waals surface area contributed by atoms with Crippen molar-refractivity contribution in [3.8, 4) is 11.8 Å². The standard InChI is InChI=1S/C14H8O2/c15-9-3-6-14-12(10-16)8-7-11-4-1-2-5-13(11)14/h1-2,4-5,7-10H. The van der Waals surface area contributed by atoms with E-state index in [0.29, 0.717) is 17.4 Å². The average molecular weight is 208 g/mol. The molecule has 2 heteroatoms. The molecule has 2 nitrogen and oxygen atoms in total. The second kappa shape index (κ2) is 4.41. The number of carbonyl (C=O) groups is 2. The summed E-state index contributed by atoms with van der Waals surface area (Å²) in [6.07, 6.45) is 1.28. The van der Waals surface area contributed by atoms with Crippen LogP contribution in [0.15, 0.2) is 36.4 Å². The Balaban J connectivity index is 2.82. The molecule has 0 saturated carbocycles. The maximum Gasteiger partial charge on any atom is 0.193 e. The zero-order chi connectivity index (χ0) is 11.4. The molecule has 0 N–H and O–H groups in total. The van der Waals surface area contributed by atoms with Gasteiger partial charge in [-0.15, -0.1) is 0 Å². The number of carbonyl (C=O) groups excluding carboxylic acids is 2. The Morgan fingerprint density at radius 2 is 1.81 bits per heavy atom. The zero-order valence-corrected chi connectivity index (χ0v) is 8.44. The molecule has 0 aliphatic carbocycles. The summed E-state index contributed by atoms with van der Waals surface area (Å²) in [6, 6.07) is 11.2. The van der Waals surface area contributed by atoms with Crippen LogP contribution in [0.2, 0.25) is 0 Å². The lowest BCUT2D eigenvalue weighted by atomic mass is 10.00. The zero-order valence-electron chi connectivity index (χ0n) is 8.44. The predicted molar refractivity (Wildman–Crippen MR) is 62.3 cm³/mol. The first-order valence-electron chi connectivity index (χ1n) is 4.79. The molecule has 2 aromatic carbocycles. The number of benzene rings is 2. The third-order valence-corrected chi connectivity index (χ3v) is 2.34. The topological polar surface area (TPSA) is 34.1 Å². The molecule has 0 saturated heterocycles. The SMILES string of the molecule is O=CC#Cc1c(C=O)ccc2ccccc12. The molecular weight excluding hydrogens is 200 g/mol. The van der Waals surface area contributed by atoms with Crippen LogP contribution >= 0.6 is 0 Å². The fourth-order valence-electron chi connectivity index (χ4n) is 1.63. The maximum atomic E-state index is 10.9. The normalized spacial score (nSPS) is 9.25. The van der Waals surface area contributed by atoms with Crippen molar-refractivity contribution in [3.05, 3.63) is 47.5 Å². The van der Waals surface area contributed by atoms with Crippen molar-refractivity contribution >= 4 is 23.3 Å². The van der Waals surface area contributed by atoms with Gasteiger partial charge in [0.1, 0.15) is 0 Å². The Bertz CT molecular complexity index is 615. The van der Waals surface area contributed by atoms with Crippen LogP contribution in [-0.4, -0.2) is 12.6 Å². The van der Waals surface area contributed by atoms with E-state index in [-0.39, 0.29) is 0 Å². The molecule has 0 heterocycles. The van der Waals surface area contributed by atoms with Gasteiger partial charge >= 0.3 is 0 Å². The highest BCUT2D eigenvalue weighted by Crippen LogP contribution is 2.20. The minimum absolute atomic E-state index is 0.507. The largest absolute Gasteiger partial charge is 0.298 e. The second-order valence-corrected chi connectivity index (χ2v) is 3.26. The first-order chi connectivity index (χ1) is 7.86. The van der Waals surface area contributed by atoms with Gasteiger partial charge in [0.25, 0.3) is 0 Å². The molecule has 2 rings (SSSR count). The van der Waals surface area contributed by atoms with E-state index in [0.717, 1.165) is 17.1 Å². The molecule has 0 aliphatic rings. The van der Waals surface area contributed by atoms with E-state index in [4.69, 9.17) is 0 Å². The molecular formula is C14H8O2. The Hall–Kier alpha value is -2.40. The summed E-state index contributed by atoms with van der Waals surface area (Å²) in [6.45, 7) is 0. The summed E-state index contributed by atoms with van der Waals surface area (Å²) in [5.74, 6) is 5.05. The lowest BCUT2D eigenvalue weighted by Crippen LogP contribution is -1.89. The van der Waals surface area contributed by atoms with Gasteiger partial charge < -0.3 is 0 Å². The van der Waals surface area contributed by atoms with Crippen LogP contribution in [0.25, 0.3) is 10.8 Å². The summed E-state index contributed by atoms with van der Waals surface area (Å²) >= 11 is 0. The van der Waals surface area contributed by atoms with Gasteiger partial charge in [0.15, 0.2) is 12.6 Å². The minimum atomic E-state index is 0.507. The molecule has 0 radical (unpaired) electrons. The first-order valence-corrected chi connectivity index (χ1v) is 4.79. The van der Waals surface area contributed by atoms with Crippen molar-refractivity contribution < 1.29 is 9.59 Å². The van der Waals surface area contributed by atoms with Crippen molar-refractivity contribution in [1.82, 2.24) is 0 Å². The Morgan fingerprint density at radius 1 is 1.00 bits per heavy atom. The highest BCUT2D eigenvalue weighted by molar-refractivity contribution is 5.96. The number of hydrogen-bond donors (Lipinski definition) is 0.